The van der Waals surface area contributed by atoms with E-state index in [0.29, 0.717) is 21.5 Å². The number of carboxylic acids is 1. The van der Waals surface area contributed by atoms with E-state index in [1.165, 1.54) is 29.3 Å². The second kappa shape index (κ2) is 5.71. The van der Waals surface area contributed by atoms with E-state index < -0.39 is 5.97 Å². The number of thioether (sulfide) groups is 1. The highest BCUT2D eigenvalue weighted by Crippen LogP contribution is 2.35. The van der Waals surface area contributed by atoms with Crippen LogP contribution < -0.4 is 5.73 Å². The molecule has 0 radical (unpaired) electrons. The number of anilines is 1. The molecule has 0 aliphatic rings. The maximum atomic E-state index is 11.4. The first kappa shape index (κ1) is 13.8. The van der Waals surface area contributed by atoms with Gasteiger partial charge in [-0.3, -0.25) is 0 Å². The Hall–Kier alpha value is -2.12. The monoisotopic (exact) mass is 317 g/mol. The number of nitrogens with zero attached hydrogens (tertiary/aromatic N) is 2. The summed E-state index contributed by atoms with van der Waals surface area (Å²) < 4.78 is 0.970. The van der Waals surface area contributed by atoms with Crippen molar-refractivity contribution in [2.24, 2.45) is 0 Å². The third-order valence-electron chi connectivity index (χ3n) is 2.94. The Bertz CT molecular complexity index is 817. The molecule has 5 nitrogen and oxygen atoms in total. The van der Waals surface area contributed by atoms with Gasteiger partial charge in [0.25, 0.3) is 0 Å². The fraction of sp³-hybridized carbons (Fsp3) is 0.0714. The van der Waals surface area contributed by atoms with Gasteiger partial charge in [-0.1, -0.05) is 30.0 Å². The Morgan fingerprint density at radius 1 is 1.29 bits per heavy atom. The average Bonchev–Trinajstić information content (AvgIpc) is 2.85. The van der Waals surface area contributed by atoms with Crippen LogP contribution in [-0.4, -0.2) is 21.0 Å². The SMILES string of the molecule is Nc1nccnc1SCc1c(C(=O)O)sc2ccccc12. The molecule has 0 aliphatic heterocycles. The lowest BCUT2D eigenvalue weighted by Gasteiger charge is -2.04. The largest absolute Gasteiger partial charge is 0.477 e. The van der Waals surface area contributed by atoms with Crippen LogP contribution in [0.15, 0.2) is 41.7 Å². The molecular formula is C14H11N3O2S2. The predicted octanol–water partition coefficient (Wildman–Crippen LogP) is 3.26. The van der Waals surface area contributed by atoms with Gasteiger partial charge in [0, 0.05) is 22.8 Å². The van der Waals surface area contributed by atoms with Crippen LogP contribution in [0.5, 0.6) is 0 Å². The van der Waals surface area contributed by atoms with Gasteiger partial charge < -0.3 is 10.8 Å². The van der Waals surface area contributed by atoms with Crippen LogP contribution in [-0.2, 0) is 5.75 Å². The summed E-state index contributed by atoms with van der Waals surface area (Å²) in [4.78, 5) is 19.9. The fourth-order valence-electron chi connectivity index (χ4n) is 2.00. The maximum Gasteiger partial charge on any atom is 0.346 e. The molecule has 3 N–H and O–H groups in total. The number of aromatic carboxylic acids is 1. The summed E-state index contributed by atoms with van der Waals surface area (Å²) in [6.07, 6.45) is 3.10. The van der Waals surface area contributed by atoms with Gasteiger partial charge in [0.05, 0.1) is 0 Å². The lowest BCUT2D eigenvalue weighted by Crippen LogP contribution is -1.98. The molecule has 0 saturated heterocycles. The van der Waals surface area contributed by atoms with Crippen molar-refractivity contribution in [2.45, 2.75) is 10.8 Å². The number of benzene rings is 1. The van der Waals surface area contributed by atoms with E-state index in [0.717, 1.165) is 15.6 Å². The molecule has 1 aromatic carbocycles. The zero-order valence-corrected chi connectivity index (χ0v) is 12.4. The number of carbonyl (C=O) groups is 1. The molecule has 0 amide bonds. The number of aromatic nitrogens is 2. The molecule has 0 unspecified atom stereocenters. The third kappa shape index (κ3) is 2.70. The normalized spacial score (nSPS) is 10.9. The van der Waals surface area contributed by atoms with Crippen LogP contribution in [0, 0.1) is 0 Å². The van der Waals surface area contributed by atoms with E-state index in [-0.39, 0.29) is 0 Å². The number of carboxylic acid groups (broad SMARTS) is 1. The number of thiophene rings is 1. The standard InChI is InChI=1S/C14H11N3O2S2/c15-12-13(17-6-5-16-12)20-7-9-8-3-1-2-4-10(8)21-11(9)14(18)19/h1-6H,7H2,(H2,15,16)(H,18,19). The summed E-state index contributed by atoms with van der Waals surface area (Å²) in [5.74, 6) is -0.0491. The lowest BCUT2D eigenvalue weighted by molar-refractivity contribution is 0.0701. The van der Waals surface area contributed by atoms with Crippen molar-refractivity contribution >= 4 is 45.0 Å². The van der Waals surface area contributed by atoms with Crippen molar-refractivity contribution in [3.05, 3.63) is 47.1 Å². The number of rotatable bonds is 4. The highest BCUT2D eigenvalue weighted by molar-refractivity contribution is 7.98. The van der Waals surface area contributed by atoms with Gasteiger partial charge in [0.1, 0.15) is 9.90 Å². The molecule has 0 atom stereocenters. The van der Waals surface area contributed by atoms with Crippen LogP contribution in [0.4, 0.5) is 5.82 Å². The molecule has 0 spiro atoms. The van der Waals surface area contributed by atoms with Crippen LogP contribution in [0.3, 0.4) is 0 Å². The first-order valence-electron chi connectivity index (χ1n) is 6.10. The van der Waals surface area contributed by atoms with Crippen molar-refractivity contribution in [2.75, 3.05) is 5.73 Å². The molecule has 0 saturated carbocycles. The van der Waals surface area contributed by atoms with Crippen LogP contribution in [0.25, 0.3) is 10.1 Å². The van der Waals surface area contributed by atoms with E-state index >= 15 is 0 Å². The minimum Gasteiger partial charge on any atom is -0.477 e. The van der Waals surface area contributed by atoms with E-state index in [9.17, 15) is 9.90 Å². The quantitative estimate of drug-likeness (QED) is 0.718. The third-order valence-corrected chi connectivity index (χ3v) is 5.16. The van der Waals surface area contributed by atoms with Crippen LogP contribution in [0.1, 0.15) is 15.2 Å². The highest BCUT2D eigenvalue weighted by atomic mass is 32.2. The van der Waals surface area contributed by atoms with Gasteiger partial charge in [-0.25, -0.2) is 14.8 Å². The second-order valence-corrected chi connectivity index (χ2v) is 6.26. The Morgan fingerprint density at radius 3 is 2.81 bits per heavy atom. The Morgan fingerprint density at radius 2 is 2.05 bits per heavy atom. The zero-order valence-electron chi connectivity index (χ0n) is 10.8. The summed E-state index contributed by atoms with van der Waals surface area (Å²) in [5.41, 5.74) is 6.57. The summed E-state index contributed by atoms with van der Waals surface area (Å²) in [7, 11) is 0. The van der Waals surface area contributed by atoms with Gasteiger partial charge in [0.2, 0.25) is 0 Å². The minimum absolute atomic E-state index is 0.360. The van der Waals surface area contributed by atoms with Crippen LogP contribution >= 0.6 is 23.1 Å². The van der Waals surface area contributed by atoms with Crippen molar-refractivity contribution in [1.82, 2.24) is 9.97 Å². The zero-order chi connectivity index (χ0) is 14.8. The Labute approximate surface area is 128 Å². The number of nitrogen functional groups attached to an aromatic ring is 1. The topological polar surface area (TPSA) is 89.1 Å². The van der Waals surface area contributed by atoms with Crippen molar-refractivity contribution in [3.8, 4) is 0 Å². The number of hydrogen-bond donors (Lipinski definition) is 2. The summed E-state index contributed by atoms with van der Waals surface area (Å²) in [6.45, 7) is 0. The smallest absolute Gasteiger partial charge is 0.346 e. The van der Waals surface area contributed by atoms with Gasteiger partial charge in [-0.2, -0.15) is 0 Å². The highest BCUT2D eigenvalue weighted by Gasteiger charge is 2.18. The maximum absolute atomic E-state index is 11.4. The molecule has 7 heteroatoms. The Kier molecular flexibility index (Phi) is 3.76. The summed E-state index contributed by atoms with van der Waals surface area (Å²) in [6, 6.07) is 7.68. The minimum atomic E-state index is -0.904. The lowest BCUT2D eigenvalue weighted by atomic mass is 10.1. The molecule has 0 fully saturated rings. The van der Waals surface area contributed by atoms with Crippen molar-refractivity contribution in [1.29, 1.82) is 0 Å². The van der Waals surface area contributed by atoms with E-state index in [2.05, 4.69) is 9.97 Å². The number of hydrogen-bond acceptors (Lipinski definition) is 6. The molecule has 2 aromatic heterocycles. The van der Waals surface area contributed by atoms with Gasteiger partial charge in [-0.15, -0.1) is 11.3 Å². The van der Waals surface area contributed by atoms with Crippen molar-refractivity contribution in [3.63, 3.8) is 0 Å². The average molecular weight is 317 g/mol. The number of fused-ring (bicyclic) bond motifs is 1. The fourth-order valence-corrected chi connectivity index (χ4v) is 4.07. The van der Waals surface area contributed by atoms with Gasteiger partial charge in [-0.05, 0) is 17.0 Å². The van der Waals surface area contributed by atoms with E-state index in [4.69, 9.17) is 5.73 Å². The molecule has 0 aliphatic carbocycles. The molecule has 3 aromatic rings. The predicted molar refractivity (Wildman–Crippen MR) is 84.8 cm³/mol. The first-order valence-corrected chi connectivity index (χ1v) is 7.90. The number of nitrogens with two attached hydrogens (primary N) is 1. The molecule has 2 heterocycles. The second-order valence-electron chi connectivity index (χ2n) is 4.25. The van der Waals surface area contributed by atoms with Crippen LogP contribution in [0.2, 0.25) is 0 Å². The summed E-state index contributed by atoms with van der Waals surface area (Å²) >= 11 is 2.69. The molecule has 3 rings (SSSR count). The Balaban J connectivity index is 1.98. The molecule has 0 bridgehead atoms. The molecule has 21 heavy (non-hydrogen) atoms. The van der Waals surface area contributed by atoms with E-state index in [1.807, 2.05) is 24.3 Å². The van der Waals surface area contributed by atoms with Crippen molar-refractivity contribution < 1.29 is 9.90 Å². The first-order chi connectivity index (χ1) is 10.2. The van der Waals surface area contributed by atoms with Gasteiger partial charge in [0.15, 0.2) is 5.82 Å². The molecular weight excluding hydrogens is 306 g/mol. The van der Waals surface area contributed by atoms with Gasteiger partial charge >= 0.3 is 5.97 Å². The summed E-state index contributed by atoms with van der Waals surface area (Å²) in [5, 5.41) is 10.9. The molecule has 106 valence electrons. The van der Waals surface area contributed by atoms with E-state index in [1.54, 1.807) is 6.20 Å².